The monoisotopic (exact) mass is 385 g/mol. The zero-order chi connectivity index (χ0) is 16.0. The van der Waals surface area contributed by atoms with Gasteiger partial charge in [0, 0.05) is 6.42 Å². The van der Waals surface area contributed by atoms with Crippen molar-refractivity contribution in [2.24, 2.45) is 0 Å². The van der Waals surface area contributed by atoms with Gasteiger partial charge in [-0.05, 0) is 31.4 Å². The van der Waals surface area contributed by atoms with Crippen molar-refractivity contribution in [3.63, 3.8) is 0 Å². The first kappa shape index (κ1) is 22.1. The summed E-state index contributed by atoms with van der Waals surface area (Å²) < 4.78 is 5.26. The largest absolute Gasteiger partial charge is 1.00 e. The Kier molecular flexibility index (Phi) is 14.1. The second-order valence-electron chi connectivity index (χ2n) is 6.32. The van der Waals surface area contributed by atoms with E-state index in [9.17, 15) is 4.79 Å². The van der Waals surface area contributed by atoms with Gasteiger partial charge in [-0.1, -0.05) is 50.3 Å². The molecule has 1 aromatic rings. The van der Waals surface area contributed by atoms with Crippen molar-refractivity contribution in [1.29, 1.82) is 0 Å². The summed E-state index contributed by atoms with van der Waals surface area (Å²) in [6.45, 7) is 1.28. The van der Waals surface area contributed by atoms with Crippen LogP contribution in [0.15, 0.2) is 30.3 Å². The SMILES string of the molecule is C[NH+](C)CCCCCCCCCCC(=O)Oc1ccccc1.[Br-]. The van der Waals surface area contributed by atoms with Crippen molar-refractivity contribution in [3.05, 3.63) is 30.3 Å². The molecular formula is C19H32BrNO2. The van der Waals surface area contributed by atoms with Gasteiger partial charge in [-0.15, -0.1) is 0 Å². The molecule has 0 unspecified atom stereocenters. The normalized spacial score (nSPS) is 10.4. The van der Waals surface area contributed by atoms with Crippen LogP contribution < -0.4 is 26.6 Å². The lowest BCUT2D eigenvalue weighted by Gasteiger charge is -2.06. The molecule has 132 valence electrons. The third-order valence-corrected chi connectivity index (χ3v) is 3.78. The van der Waals surface area contributed by atoms with Crippen molar-refractivity contribution in [2.45, 2.75) is 57.8 Å². The molecule has 1 rings (SSSR count). The molecule has 0 radical (unpaired) electrons. The zero-order valence-electron chi connectivity index (χ0n) is 14.7. The Labute approximate surface area is 152 Å². The molecule has 0 spiro atoms. The van der Waals surface area contributed by atoms with Crippen molar-refractivity contribution in [2.75, 3.05) is 20.6 Å². The Hall–Kier alpha value is -0.870. The van der Waals surface area contributed by atoms with Gasteiger partial charge in [0.25, 0.3) is 0 Å². The summed E-state index contributed by atoms with van der Waals surface area (Å²) in [5, 5.41) is 0. The van der Waals surface area contributed by atoms with E-state index in [1.54, 1.807) is 4.90 Å². The molecule has 23 heavy (non-hydrogen) atoms. The molecule has 0 aliphatic rings. The number of unbranched alkanes of at least 4 members (excludes halogenated alkanes) is 7. The molecule has 4 heteroatoms. The lowest BCUT2D eigenvalue weighted by atomic mass is 10.1. The number of para-hydroxylation sites is 1. The topological polar surface area (TPSA) is 30.7 Å². The highest BCUT2D eigenvalue weighted by Gasteiger charge is 2.03. The molecule has 0 bridgehead atoms. The van der Waals surface area contributed by atoms with Gasteiger partial charge < -0.3 is 26.6 Å². The van der Waals surface area contributed by atoms with Crippen LogP contribution in [0.4, 0.5) is 0 Å². The average molecular weight is 386 g/mol. The van der Waals surface area contributed by atoms with Gasteiger partial charge in [-0.3, -0.25) is 4.79 Å². The maximum Gasteiger partial charge on any atom is 0.311 e. The summed E-state index contributed by atoms with van der Waals surface area (Å²) in [5.41, 5.74) is 0. The van der Waals surface area contributed by atoms with Crippen molar-refractivity contribution in [3.8, 4) is 5.75 Å². The Morgan fingerprint density at radius 3 is 1.96 bits per heavy atom. The number of rotatable bonds is 12. The van der Waals surface area contributed by atoms with E-state index in [0.29, 0.717) is 12.2 Å². The Balaban J connectivity index is 0.00000484. The molecule has 0 heterocycles. The van der Waals surface area contributed by atoms with Crippen LogP contribution >= 0.6 is 0 Å². The van der Waals surface area contributed by atoms with Crippen LogP contribution in [0, 0.1) is 0 Å². The maximum atomic E-state index is 11.7. The number of carbonyl (C=O) groups excluding carboxylic acids is 1. The van der Waals surface area contributed by atoms with Crippen LogP contribution in [0.5, 0.6) is 5.75 Å². The van der Waals surface area contributed by atoms with Crippen molar-refractivity contribution in [1.82, 2.24) is 0 Å². The van der Waals surface area contributed by atoms with E-state index in [0.717, 1.165) is 12.8 Å². The maximum absolute atomic E-state index is 11.7. The van der Waals surface area contributed by atoms with Crippen molar-refractivity contribution < 1.29 is 31.4 Å². The molecular weight excluding hydrogens is 354 g/mol. The first-order chi connectivity index (χ1) is 10.7. The number of quaternary nitrogens is 1. The highest BCUT2D eigenvalue weighted by Crippen LogP contribution is 2.12. The minimum absolute atomic E-state index is 0. The number of esters is 1. The van der Waals surface area contributed by atoms with Gasteiger partial charge >= 0.3 is 5.97 Å². The fraction of sp³-hybridized carbons (Fsp3) is 0.632. The van der Waals surface area contributed by atoms with Crippen LogP contribution in [0.3, 0.4) is 0 Å². The number of halogens is 1. The minimum Gasteiger partial charge on any atom is -1.00 e. The molecule has 1 aromatic carbocycles. The van der Waals surface area contributed by atoms with Crippen molar-refractivity contribution >= 4 is 5.97 Å². The zero-order valence-corrected chi connectivity index (χ0v) is 16.2. The van der Waals surface area contributed by atoms with Crippen LogP contribution in [0.25, 0.3) is 0 Å². The highest BCUT2D eigenvalue weighted by atomic mass is 79.9. The van der Waals surface area contributed by atoms with Gasteiger partial charge in [-0.2, -0.15) is 0 Å². The van der Waals surface area contributed by atoms with E-state index >= 15 is 0 Å². The molecule has 0 fully saturated rings. The Morgan fingerprint density at radius 1 is 0.870 bits per heavy atom. The molecule has 3 nitrogen and oxygen atoms in total. The van der Waals surface area contributed by atoms with Gasteiger partial charge in [0.15, 0.2) is 0 Å². The number of hydrogen-bond donors (Lipinski definition) is 1. The summed E-state index contributed by atoms with van der Waals surface area (Å²) in [4.78, 5) is 13.2. The van der Waals surface area contributed by atoms with Gasteiger partial charge in [0.1, 0.15) is 5.75 Å². The van der Waals surface area contributed by atoms with E-state index in [-0.39, 0.29) is 23.0 Å². The summed E-state index contributed by atoms with van der Waals surface area (Å²) in [7, 11) is 4.42. The third kappa shape index (κ3) is 13.3. The molecule has 0 aliphatic carbocycles. The number of ether oxygens (including phenoxy) is 1. The van der Waals surface area contributed by atoms with Crippen LogP contribution in [0.2, 0.25) is 0 Å². The van der Waals surface area contributed by atoms with E-state index in [1.807, 2.05) is 30.3 Å². The summed E-state index contributed by atoms with van der Waals surface area (Å²) in [6, 6.07) is 9.30. The predicted octanol–water partition coefficient (Wildman–Crippen LogP) is 0.251. The third-order valence-electron chi connectivity index (χ3n) is 3.78. The fourth-order valence-electron chi connectivity index (χ4n) is 2.48. The van der Waals surface area contributed by atoms with Crippen LogP contribution in [-0.2, 0) is 4.79 Å². The second-order valence-corrected chi connectivity index (χ2v) is 6.32. The van der Waals surface area contributed by atoms with Crippen LogP contribution in [0.1, 0.15) is 57.8 Å². The minimum atomic E-state index is -0.114. The van der Waals surface area contributed by atoms with Crippen LogP contribution in [-0.4, -0.2) is 26.6 Å². The average Bonchev–Trinajstić information content (AvgIpc) is 2.50. The quantitative estimate of drug-likeness (QED) is 0.317. The van der Waals surface area contributed by atoms with Gasteiger partial charge in [0.2, 0.25) is 0 Å². The molecule has 1 N–H and O–H groups in total. The number of benzene rings is 1. The van der Waals surface area contributed by atoms with Gasteiger partial charge in [-0.25, -0.2) is 0 Å². The summed E-state index contributed by atoms with van der Waals surface area (Å²) in [5.74, 6) is 0.532. The lowest BCUT2D eigenvalue weighted by Crippen LogP contribution is -3.05. The Bertz CT molecular complexity index is 396. The van der Waals surface area contributed by atoms with E-state index in [1.165, 1.54) is 45.1 Å². The summed E-state index contributed by atoms with van der Waals surface area (Å²) >= 11 is 0. The number of hydrogen-bond acceptors (Lipinski definition) is 2. The van der Waals surface area contributed by atoms with E-state index in [4.69, 9.17) is 4.74 Å². The molecule has 0 amide bonds. The van der Waals surface area contributed by atoms with Gasteiger partial charge in [0.05, 0.1) is 20.6 Å². The molecule has 0 aliphatic heterocycles. The predicted molar refractivity (Wildman–Crippen MR) is 91.3 cm³/mol. The number of carbonyl (C=O) groups is 1. The first-order valence-electron chi connectivity index (χ1n) is 8.73. The Morgan fingerprint density at radius 2 is 1.39 bits per heavy atom. The molecule has 0 atom stereocenters. The van der Waals surface area contributed by atoms with E-state index < -0.39 is 0 Å². The molecule has 0 saturated heterocycles. The smallest absolute Gasteiger partial charge is 0.311 e. The molecule has 0 saturated carbocycles. The molecule has 0 aromatic heterocycles. The summed E-state index contributed by atoms with van der Waals surface area (Å²) in [6.07, 6.45) is 10.5. The lowest BCUT2D eigenvalue weighted by molar-refractivity contribution is -0.858. The first-order valence-corrected chi connectivity index (χ1v) is 8.73. The standard InChI is InChI=1S/C19H31NO2.BrH/c1-20(2)17-13-8-6-4-3-5-7-12-16-19(21)22-18-14-10-9-11-15-18;/h9-11,14-15H,3-8,12-13,16-17H2,1-2H3;1H. The fourth-order valence-corrected chi connectivity index (χ4v) is 2.48. The highest BCUT2D eigenvalue weighted by molar-refractivity contribution is 5.72. The number of nitrogens with one attached hydrogen (secondary N) is 1. The van der Waals surface area contributed by atoms with E-state index in [2.05, 4.69) is 14.1 Å². The second kappa shape index (κ2) is 14.7.